The quantitative estimate of drug-likeness (QED) is 0.838. The van der Waals surface area contributed by atoms with Crippen LogP contribution in [0.15, 0.2) is 28.6 Å². The molecule has 2 aromatic rings. The van der Waals surface area contributed by atoms with E-state index in [4.69, 9.17) is 5.73 Å². The summed E-state index contributed by atoms with van der Waals surface area (Å²) in [7, 11) is 0. The second-order valence-corrected chi connectivity index (χ2v) is 5.48. The fourth-order valence-corrected chi connectivity index (χ4v) is 3.30. The average molecular weight is 242 g/mol. The van der Waals surface area contributed by atoms with E-state index in [0.29, 0.717) is 13.0 Å². The van der Waals surface area contributed by atoms with Gasteiger partial charge in [0.15, 0.2) is 9.84 Å². The number of halogens is 1. The average Bonchev–Trinajstić information content (AvgIpc) is 2.59. The summed E-state index contributed by atoms with van der Waals surface area (Å²) in [4.78, 5) is 4.34. The number of thioether (sulfide) groups is 1. The summed E-state index contributed by atoms with van der Waals surface area (Å²) in [5.41, 5.74) is 5.27. The number of hydrogen-bond acceptors (Lipinski definition) is 4. The Labute approximate surface area is 95.7 Å². The molecule has 2 nitrogen and oxygen atoms in total. The highest BCUT2D eigenvalue weighted by atomic mass is 32.2. The Hall–Kier alpha value is -0.650. The van der Waals surface area contributed by atoms with Gasteiger partial charge in [-0.15, -0.1) is 11.3 Å². The molecule has 0 fully saturated rings. The standard InChI is InChI=1S/C10H11FN2S2/c11-9(5-6-12)15-10-13-7-3-1-2-4-8(7)14-10/h1-4,9H,5-6,12H2. The highest BCUT2D eigenvalue weighted by Gasteiger charge is 2.11. The summed E-state index contributed by atoms with van der Waals surface area (Å²) in [5.74, 6) is 0. The van der Waals surface area contributed by atoms with E-state index in [0.717, 1.165) is 26.3 Å². The van der Waals surface area contributed by atoms with Gasteiger partial charge in [-0.05, 0) is 18.7 Å². The maximum absolute atomic E-state index is 13.3. The monoisotopic (exact) mass is 242 g/mol. The van der Waals surface area contributed by atoms with Crippen molar-refractivity contribution in [1.82, 2.24) is 4.98 Å². The molecule has 0 aliphatic carbocycles. The van der Waals surface area contributed by atoms with Gasteiger partial charge in [0.1, 0.15) is 0 Å². The van der Waals surface area contributed by atoms with E-state index in [-0.39, 0.29) is 0 Å². The third kappa shape index (κ3) is 2.68. The fraction of sp³-hybridized carbons (Fsp3) is 0.300. The number of thiazole rings is 1. The molecule has 1 heterocycles. The molecular weight excluding hydrogens is 231 g/mol. The predicted octanol–water partition coefficient (Wildman–Crippen LogP) is 3.03. The number of nitrogens with two attached hydrogens (primary N) is 1. The van der Waals surface area contributed by atoms with Crippen LogP contribution in [0.5, 0.6) is 0 Å². The first-order valence-corrected chi connectivity index (χ1v) is 6.35. The second kappa shape index (κ2) is 4.92. The van der Waals surface area contributed by atoms with Crippen molar-refractivity contribution in [2.75, 3.05) is 6.54 Å². The molecule has 0 radical (unpaired) electrons. The van der Waals surface area contributed by atoms with Gasteiger partial charge in [0.05, 0.1) is 10.2 Å². The minimum atomic E-state index is -0.949. The van der Waals surface area contributed by atoms with Gasteiger partial charge >= 0.3 is 0 Å². The number of alkyl halides is 1. The molecule has 0 aliphatic rings. The normalized spacial score (nSPS) is 13.2. The summed E-state index contributed by atoms with van der Waals surface area (Å²) in [6.07, 6.45) is 0.376. The first-order chi connectivity index (χ1) is 7.29. The molecule has 15 heavy (non-hydrogen) atoms. The molecule has 0 saturated carbocycles. The Balaban J connectivity index is 2.15. The first kappa shape index (κ1) is 10.9. The van der Waals surface area contributed by atoms with E-state index >= 15 is 0 Å². The lowest BCUT2D eigenvalue weighted by atomic mass is 10.3. The van der Waals surface area contributed by atoms with Crippen LogP contribution in [0.25, 0.3) is 10.2 Å². The molecule has 0 bridgehead atoms. The Morgan fingerprint density at radius 2 is 2.27 bits per heavy atom. The summed E-state index contributed by atoms with van der Waals surface area (Å²) >= 11 is 2.68. The Kier molecular flexibility index (Phi) is 3.56. The Bertz CT molecular complexity index is 411. The van der Waals surface area contributed by atoms with Gasteiger partial charge in [-0.1, -0.05) is 23.9 Å². The number of rotatable bonds is 4. The van der Waals surface area contributed by atoms with E-state index in [1.165, 1.54) is 11.3 Å². The molecule has 0 spiro atoms. The van der Waals surface area contributed by atoms with Crippen molar-refractivity contribution in [1.29, 1.82) is 0 Å². The van der Waals surface area contributed by atoms with Crippen molar-refractivity contribution in [3.8, 4) is 0 Å². The number of nitrogens with zero attached hydrogens (tertiary/aromatic N) is 1. The lowest BCUT2D eigenvalue weighted by Gasteiger charge is -2.01. The molecule has 1 aromatic carbocycles. The van der Waals surface area contributed by atoms with Crippen LogP contribution in [-0.2, 0) is 0 Å². The second-order valence-electron chi connectivity index (χ2n) is 3.05. The van der Waals surface area contributed by atoms with Gasteiger partial charge in [-0.2, -0.15) is 0 Å². The number of hydrogen-bond donors (Lipinski definition) is 1. The van der Waals surface area contributed by atoms with Crippen molar-refractivity contribution in [3.05, 3.63) is 24.3 Å². The first-order valence-electron chi connectivity index (χ1n) is 4.66. The third-order valence-electron chi connectivity index (χ3n) is 1.90. The van der Waals surface area contributed by atoms with Crippen molar-refractivity contribution in [2.45, 2.75) is 16.3 Å². The number of aromatic nitrogens is 1. The molecule has 1 unspecified atom stereocenters. The molecule has 2 rings (SSSR count). The van der Waals surface area contributed by atoms with Gasteiger partial charge in [0.2, 0.25) is 0 Å². The number of benzene rings is 1. The lowest BCUT2D eigenvalue weighted by molar-refractivity contribution is 0.434. The van der Waals surface area contributed by atoms with Crippen LogP contribution < -0.4 is 5.73 Å². The van der Waals surface area contributed by atoms with Crippen LogP contribution in [0.1, 0.15) is 6.42 Å². The smallest absolute Gasteiger partial charge is 0.153 e. The summed E-state index contributed by atoms with van der Waals surface area (Å²) < 4.78 is 15.1. The zero-order valence-corrected chi connectivity index (χ0v) is 9.65. The number of fused-ring (bicyclic) bond motifs is 1. The van der Waals surface area contributed by atoms with Gasteiger partial charge < -0.3 is 5.73 Å². The highest BCUT2D eigenvalue weighted by Crippen LogP contribution is 2.33. The van der Waals surface area contributed by atoms with Crippen LogP contribution in [0.3, 0.4) is 0 Å². The van der Waals surface area contributed by atoms with Crippen LogP contribution in [-0.4, -0.2) is 17.0 Å². The molecule has 1 aromatic heterocycles. The zero-order chi connectivity index (χ0) is 10.7. The van der Waals surface area contributed by atoms with Crippen LogP contribution in [0.4, 0.5) is 4.39 Å². The predicted molar refractivity (Wildman–Crippen MR) is 64.0 cm³/mol. The molecule has 0 saturated heterocycles. The van der Waals surface area contributed by atoms with E-state index in [1.54, 1.807) is 0 Å². The van der Waals surface area contributed by atoms with Crippen molar-refractivity contribution >= 4 is 33.3 Å². The minimum absolute atomic E-state index is 0.374. The van der Waals surface area contributed by atoms with Crippen LogP contribution >= 0.6 is 23.1 Å². The van der Waals surface area contributed by atoms with Crippen molar-refractivity contribution in [2.24, 2.45) is 5.73 Å². The molecule has 1 atom stereocenters. The maximum Gasteiger partial charge on any atom is 0.153 e. The fourth-order valence-electron chi connectivity index (χ4n) is 1.20. The molecular formula is C10H11FN2S2. The van der Waals surface area contributed by atoms with Crippen molar-refractivity contribution < 1.29 is 4.39 Å². The summed E-state index contributed by atoms with van der Waals surface area (Å²) in [5, 5.41) is 0. The highest BCUT2D eigenvalue weighted by molar-refractivity contribution is 8.01. The molecule has 0 amide bonds. The van der Waals surface area contributed by atoms with E-state index in [2.05, 4.69) is 4.98 Å². The van der Waals surface area contributed by atoms with Crippen LogP contribution in [0.2, 0.25) is 0 Å². The minimum Gasteiger partial charge on any atom is -0.330 e. The SMILES string of the molecule is NCCC(F)Sc1nc2ccccc2s1. The van der Waals surface area contributed by atoms with Crippen LogP contribution in [0, 0.1) is 0 Å². The van der Waals surface area contributed by atoms with Gasteiger partial charge in [0.25, 0.3) is 0 Å². The van der Waals surface area contributed by atoms with E-state index in [1.807, 2.05) is 24.3 Å². The van der Waals surface area contributed by atoms with Crippen molar-refractivity contribution in [3.63, 3.8) is 0 Å². The molecule has 2 N–H and O–H groups in total. The number of para-hydroxylation sites is 1. The molecule has 0 aliphatic heterocycles. The third-order valence-corrected chi connectivity index (χ3v) is 4.05. The van der Waals surface area contributed by atoms with E-state index in [9.17, 15) is 4.39 Å². The Morgan fingerprint density at radius 3 is 3.00 bits per heavy atom. The zero-order valence-electron chi connectivity index (χ0n) is 8.02. The summed E-state index contributed by atoms with van der Waals surface area (Å²) in [6.45, 7) is 0.374. The van der Waals surface area contributed by atoms with Gasteiger partial charge in [0, 0.05) is 6.42 Å². The van der Waals surface area contributed by atoms with Gasteiger partial charge in [-0.25, -0.2) is 9.37 Å². The largest absolute Gasteiger partial charge is 0.330 e. The summed E-state index contributed by atoms with van der Waals surface area (Å²) in [6, 6.07) is 7.82. The maximum atomic E-state index is 13.3. The lowest BCUT2D eigenvalue weighted by Crippen LogP contribution is -2.05. The topological polar surface area (TPSA) is 38.9 Å². The molecule has 80 valence electrons. The van der Waals surface area contributed by atoms with Gasteiger partial charge in [-0.3, -0.25) is 0 Å². The molecule has 5 heteroatoms. The Morgan fingerprint density at radius 1 is 1.47 bits per heavy atom. The van der Waals surface area contributed by atoms with E-state index < -0.39 is 5.50 Å².